The van der Waals surface area contributed by atoms with E-state index in [1.54, 1.807) is 0 Å². The van der Waals surface area contributed by atoms with Gasteiger partial charge >= 0.3 is 0 Å². The third-order valence-corrected chi connectivity index (χ3v) is 11.5. The van der Waals surface area contributed by atoms with E-state index in [1.807, 2.05) is 0 Å². The lowest BCUT2D eigenvalue weighted by Gasteiger charge is -2.27. The van der Waals surface area contributed by atoms with Crippen LogP contribution >= 0.6 is 0 Å². The number of unbranched alkanes of at least 4 members (excludes halogenated alkanes) is 33. The molecule has 0 aromatic carbocycles. The summed E-state index contributed by atoms with van der Waals surface area (Å²) in [5.74, 6) is -0.583. The summed E-state index contributed by atoms with van der Waals surface area (Å²) in [7, 11) is 0. The van der Waals surface area contributed by atoms with Crippen molar-refractivity contribution in [3.63, 3.8) is 0 Å². The second kappa shape index (κ2) is 43.2. The van der Waals surface area contributed by atoms with Gasteiger partial charge in [-0.2, -0.15) is 0 Å². The summed E-state index contributed by atoms with van der Waals surface area (Å²) in [4.78, 5) is 12.5. The van der Waals surface area contributed by atoms with Crippen LogP contribution in [0.4, 0.5) is 0 Å². The minimum Gasteiger partial charge on any atom is -0.394 e. The smallest absolute Gasteiger partial charge is 0.249 e. The summed E-state index contributed by atoms with van der Waals surface area (Å²) in [5.41, 5.74) is 0. The standard InChI is InChI=1S/C48H95NO5/c1-3-5-7-9-11-13-14-15-16-17-18-19-20-21-22-23-24-25-26-27-28-29-30-31-32-33-34-36-38-40-42-46(52)48(54)49-44(43-50)47(53)45(51)41-39-37-35-12-10-8-6-4-2/h21-22,44-47,50-53H,3-20,23-43H2,1-2H3,(H,49,54)/b22-21-. The van der Waals surface area contributed by atoms with Gasteiger partial charge in [0.15, 0.2) is 0 Å². The first-order valence-electron chi connectivity index (χ1n) is 24.1. The Bertz CT molecular complexity index is 776. The van der Waals surface area contributed by atoms with E-state index in [0.717, 1.165) is 38.5 Å². The average molecular weight is 766 g/mol. The third kappa shape index (κ3) is 36.7. The van der Waals surface area contributed by atoms with Crippen LogP contribution < -0.4 is 5.32 Å². The van der Waals surface area contributed by atoms with Crippen LogP contribution in [0, 0.1) is 0 Å². The molecule has 4 unspecified atom stereocenters. The molecule has 0 aliphatic rings. The number of hydrogen-bond donors (Lipinski definition) is 5. The third-order valence-electron chi connectivity index (χ3n) is 11.5. The Kier molecular flexibility index (Phi) is 42.4. The Morgan fingerprint density at radius 2 is 0.741 bits per heavy atom. The summed E-state index contributed by atoms with van der Waals surface area (Å²) in [6, 6.07) is -0.979. The minimum absolute atomic E-state index is 0.372. The molecule has 0 bridgehead atoms. The van der Waals surface area contributed by atoms with E-state index < -0.39 is 36.9 Å². The van der Waals surface area contributed by atoms with Crippen LogP contribution in [0.5, 0.6) is 0 Å². The largest absolute Gasteiger partial charge is 0.394 e. The number of amides is 1. The van der Waals surface area contributed by atoms with Crippen LogP contribution in [-0.2, 0) is 4.79 Å². The molecule has 0 radical (unpaired) electrons. The lowest BCUT2D eigenvalue weighted by Crippen LogP contribution is -2.53. The molecule has 4 atom stereocenters. The molecule has 0 aromatic rings. The Hall–Kier alpha value is -0.950. The summed E-state index contributed by atoms with van der Waals surface area (Å²) in [6.07, 6.45) is 48.6. The maximum absolute atomic E-state index is 12.5. The first kappa shape index (κ1) is 53.0. The number of carbonyl (C=O) groups is 1. The minimum atomic E-state index is -1.25. The van der Waals surface area contributed by atoms with E-state index in [9.17, 15) is 25.2 Å². The molecule has 0 heterocycles. The second-order valence-electron chi connectivity index (χ2n) is 16.8. The Morgan fingerprint density at radius 1 is 0.444 bits per heavy atom. The number of aliphatic hydroxyl groups excluding tert-OH is 4. The zero-order valence-corrected chi connectivity index (χ0v) is 36.2. The molecule has 1 amide bonds. The topological polar surface area (TPSA) is 110 Å². The van der Waals surface area contributed by atoms with Crippen molar-refractivity contribution in [1.29, 1.82) is 0 Å². The molecule has 0 saturated carbocycles. The van der Waals surface area contributed by atoms with Crippen molar-refractivity contribution < 1.29 is 25.2 Å². The van der Waals surface area contributed by atoms with E-state index in [1.165, 1.54) is 193 Å². The number of rotatable bonds is 44. The quantitative estimate of drug-likeness (QED) is 0.0313. The van der Waals surface area contributed by atoms with Crippen molar-refractivity contribution >= 4 is 5.91 Å². The molecule has 0 fully saturated rings. The zero-order chi connectivity index (χ0) is 39.6. The Labute approximate surface area is 336 Å². The monoisotopic (exact) mass is 766 g/mol. The lowest BCUT2D eigenvalue weighted by atomic mass is 9.99. The van der Waals surface area contributed by atoms with E-state index >= 15 is 0 Å². The Morgan fingerprint density at radius 3 is 1.07 bits per heavy atom. The lowest BCUT2D eigenvalue weighted by molar-refractivity contribution is -0.132. The highest BCUT2D eigenvalue weighted by Gasteiger charge is 2.28. The SMILES string of the molecule is CCCCCCCCCCCCCC/C=C\CCCCCCCCCCCCCCCCC(O)C(=O)NC(CO)C(O)C(O)CCCCCCCCCC. The van der Waals surface area contributed by atoms with Crippen LogP contribution in [-0.4, -0.2) is 57.3 Å². The van der Waals surface area contributed by atoms with Crippen LogP contribution in [0.2, 0.25) is 0 Å². The van der Waals surface area contributed by atoms with Crippen molar-refractivity contribution in [3.05, 3.63) is 12.2 Å². The van der Waals surface area contributed by atoms with Gasteiger partial charge in [0.05, 0.1) is 18.8 Å². The van der Waals surface area contributed by atoms with Crippen LogP contribution in [0.3, 0.4) is 0 Å². The maximum Gasteiger partial charge on any atom is 0.249 e. The summed E-state index contributed by atoms with van der Waals surface area (Å²) < 4.78 is 0. The predicted octanol–water partition coefficient (Wildman–Crippen LogP) is 13.0. The highest BCUT2D eigenvalue weighted by molar-refractivity contribution is 5.80. The van der Waals surface area contributed by atoms with Gasteiger partial charge < -0.3 is 25.7 Å². The number of carbonyl (C=O) groups excluding carboxylic acids is 1. The van der Waals surface area contributed by atoms with Crippen molar-refractivity contribution in [2.24, 2.45) is 0 Å². The molecule has 0 aliphatic heterocycles. The highest BCUT2D eigenvalue weighted by atomic mass is 16.3. The second-order valence-corrected chi connectivity index (χ2v) is 16.8. The molecule has 322 valence electrons. The van der Waals surface area contributed by atoms with Gasteiger partial charge in [-0.3, -0.25) is 4.79 Å². The van der Waals surface area contributed by atoms with Gasteiger partial charge in [-0.05, 0) is 38.5 Å². The average Bonchev–Trinajstić information content (AvgIpc) is 3.18. The van der Waals surface area contributed by atoms with E-state index in [0.29, 0.717) is 12.8 Å². The predicted molar refractivity (Wildman–Crippen MR) is 233 cm³/mol. The van der Waals surface area contributed by atoms with Gasteiger partial charge in [0, 0.05) is 0 Å². The van der Waals surface area contributed by atoms with Crippen molar-refractivity contribution in [3.8, 4) is 0 Å². The molecule has 5 N–H and O–H groups in total. The van der Waals surface area contributed by atoms with Crippen LogP contribution in [0.1, 0.15) is 258 Å². The van der Waals surface area contributed by atoms with E-state index in [4.69, 9.17) is 0 Å². The van der Waals surface area contributed by atoms with Gasteiger partial charge in [0.25, 0.3) is 0 Å². The summed E-state index contributed by atoms with van der Waals surface area (Å²) in [6.45, 7) is 4.02. The summed E-state index contributed by atoms with van der Waals surface area (Å²) >= 11 is 0. The van der Waals surface area contributed by atoms with E-state index in [2.05, 4.69) is 31.3 Å². The number of aliphatic hydroxyl groups is 4. The molecule has 0 aromatic heterocycles. The summed E-state index contributed by atoms with van der Waals surface area (Å²) in [5, 5.41) is 43.5. The number of hydrogen-bond acceptors (Lipinski definition) is 5. The van der Waals surface area contributed by atoms with Crippen LogP contribution in [0.25, 0.3) is 0 Å². The normalized spacial score (nSPS) is 14.1. The molecule has 6 nitrogen and oxygen atoms in total. The van der Waals surface area contributed by atoms with Crippen molar-refractivity contribution in [1.82, 2.24) is 5.32 Å². The fraction of sp³-hybridized carbons (Fsp3) is 0.938. The zero-order valence-electron chi connectivity index (χ0n) is 36.2. The fourth-order valence-corrected chi connectivity index (χ4v) is 7.64. The highest BCUT2D eigenvalue weighted by Crippen LogP contribution is 2.17. The van der Waals surface area contributed by atoms with Gasteiger partial charge in [-0.25, -0.2) is 0 Å². The molecule has 54 heavy (non-hydrogen) atoms. The number of nitrogens with one attached hydrogen (secondary N) is 1. The van der Waals surface area contributed by atoms with Crippen molar-refractivity contribution in [2.75, 3.05) is 6.61 Å². The molecular formula is C48H95NO5. The van der Waals surface area contributed by atoms with E-state index in [-0.39, 0.29) is 0 Å². The molecule has 6 heteroatoms. The van der Waals surface area contributed by atoms with Gasteiger partial charge in [-0.15, -0.1) is 0 Å². The van der Waals surface area contributed by atoms with Gasteiger partial charge in [0.1, 0.15) is 12.2 Å². The Balaban J connectivity index is 3.53. The molecule has 0 spiro atoms. The van der Waals surface area contributed by atoms with Crippen molar-refractivity contribution in [2.45, 2.75) is 282 Å². The fourth-order valence-electron chi connectivity index (χ4n) is 7.64. The first-order valence-corrected chi connectivity index (χ1v) is 24.1. The molecule has 0 rings (SSSR count). The van der Waals surface area contributed by atoms with Gasteiger partial charge in [-0.1, -0.05) is 231 Å². The van der Waals surface area contributed by atoms with Crippen LogP contribution in [0.15, 0.2) is 12.2 Å². The maximum atomic E-state index is 12.5. The molecule has 0 aliphatic carbocycles. The molecular weight excluding hydrogens is 671 g/mol. The first-order chi connectivity index (χ1) is 26.5. The molecule has 0 saturated heterocycles. The van der Waals surface area contributed by atoms with Gasteiger partial charge in [0.2, 0.25) is 5.91 Å². The number of allylic oxidation sites excluding steroid dienone is 2.